The number of rotatable bonds is 3. The Hall–Kier alpha value is -0.570. The first kappa shape index (κ1) is 20.7. The zero-order valence-electron chi connectivity index (χ0n) is 16.6. The van der Waals surface area contributed by atoms with Crippen molar-refractivity contribution in [1.82, 2.24) is 5.32 Å². The standard InChI is InChI=1S/C22H42N2O/c1-18(23)19-12-9-10-13-20(15-11-14-19)22(25)24-21-16-7-5-3-2-4-6-8-17-21/h18-21H,2-17,23H2,1H3,(H,24,25). The molecule has 2 rings (SSSR count). The van der Waals surface area contributed by atoms with Gasteiger partial charge in [0.05, 0.1) is 0 Å². The summed E-state index contributed by atoms with van der Waals surface area (Å²) in [6.07, 6.45) is 19.9. The number of hydrogen-bond acceptors (Lipinski definition) is 2. The van der Waals surface area contributed by atoms with Crippen molar-refractivity contribution in [3.05, 3.63) is 0 Å². The van der Waals surface area contributed by atoms with Gasteiger partial charge in [-0.15, -0.1) is 0 Å². The number of hydrogen-bond donors (Lipinski definition) is 2. The van der Waals surface area contributed by atoms with Crippen LogP contribution in [0, 0.1) is 11.8 Å². The maximum Gasteiger partial charge on any atom is 0.223 e. The van der Waals surface area contributed by atoms with Crippen LogP contribution in [0.1, 0.15) is 110 Å². The highest BCUT2D eigenvalue weighted by atomic mass is 16.1. The molecule has 0 aliphatic heterocycles. The number of nitrogens with one attached hydrogen (secondary N) is 1. The molecule has 0 heterocycles. The molecule has 2 fully saturated rings. The summed E-state index contributed by atoms with van der Waals surface area (Å²) in [5.74, 6) is 1.24. The van der Waals surface area contributed by atoms with E-state index in [1.165, 1.54) is 83.5 Å². The fourth-order valence-electron chi connectivity index (χ4n) is 4.77. The van der Waals surface area contributed by atoms with Gasteiger partial charge in [-0.05, 0) is 51.4 Å². The molecule has 25 heavy (non-hydrogen) atoms. The fourth-order valence-corrected chi connectivity index (χ4v) is 4.77. The zero-order chi connectivity index (χ0) is 17.9. The third-order valence-corrected chi connectivity index (χ3v) is 6.57. The van der Waals surface area contributed by atoms with E-state index < -0.39 is 0 Å². The number of carbonyl (C=O) groups is 1. The molecule has 0 radical (unpaired) electrons. The second-order valence-corrected chi connectivity index (χ2v) is 8.79. The summed E-state index contributed by atoms with van der Waals surface area (Å²) in [6.45, 7) is 2.15. The van der Waals surface area contributed by atoms with Crippen LogP contribution < -0.4 is 11.1 Å². The van der Waals surface area contributed by atoms with Crippen molar-refractivity contribution in [2.24, 2.45) is 17.6 Å². The van der Waals surface area contributed by atoms with Crippen molar-refractivity contribution in [1.29, 1.82) is 0 Å². The normalized spacial score (nSPS) is 29.7. The second kappa shape index (κ2) is 11.9. The van der Waals surface area contributed by atoms with Crippen LogP contribution in [0.5, 0.6) is 0 Å². The van der Waals surface area contributed by atoms with Gasteiger partial charge in [-0.2, -0.15) is 0 Å². The molecule has 0 aromatic carbocycles. The molecule has 0 aromatic heterocycles. The predicted molar refractivity (Wildman–Crippen MR) is 106 cm³/mol. The Bertz CT molecular complexity index is 359. The van der Waals surface area contributed by atoms with Crippen LogP contribution in [0.2, 0.25) is 0 Å². The van der Waals surface area contributed by atoms with Gasteiger partial charge in [-0.3, -0.25) is 4.79 Å². The van der Waals surface area contributed by atoms with E-state index >= 15 is 0 Å². The van der Waals surface area contributed by atoms with Gasteiger partial charge in [0.25, 0.3) is 0 Å². The highest BCUT2D eigenvalue weighted by molar-refractivity contribution is 5.78. The lowest BCUT2D eigenvalue weighted by Gasteiger charge is -2.24. The van der Waals surface area contributed by atoms with Crippen molar-refractivity contribution in [2.75, 3.05) is 0 Å². The number of amides is 1. The van der Waals surface area contributed by atoms with Gasteiger partial charge in [0.15, 0.2) is 0 Å². The molecular weight excluding hydrogens is 308 g/mol. The van der Waals surface area contributed by atoms with Crippen LogP contribution >= 0.6 is 0 Å². The van der Waals surface area contributed by atoms with Crippen LogP contribution in [0.3, 0.4) is 0 Å². The maximum atomic E-state index is 12.9. The highest BCUT2D eigenvalue weighted by Crippen LogP contribution is 2.27. The molecule has 146 valence electrons. The average Bonchev–Trinajstić information content (AvgIpc) is 2.72. The van der Waals surface area contributed by atoms with Gasteiger partial charge in [0, 0.05) is 18.0 Å². The second-order valence-electron chi connectivity index (χ2n) is 8.79. The average molecular weight is 351 g/mol. The summed E-state index contributed by atoms with van der Waals surface area (Å²) < 4.78 is 0. The SMILES string of the molecule is CC(N)C1CCCCC(C(=O)NC2CCCCCCCCC2)CCC1. The lowest BCUT2D eigenvalue weighted by molar-refractivity contribution is -0.126. The fraction of sp³-hybridized carbons (Fsp3) is 0.955. The van der Waals surface area contributed by atoms with E-state index in [0.717, 1.165) is 19.3 Å². The van der Waals surface area contributed by atoms with Crippen LogP contribution in [-0.4, -0.2) is 18.0 Å². The summed E-state index contributed by atoms with van der Waals surface area (Å²) in [7, 11) is 0. The van der Waals surface area contributed by atoms with Crippen molar-refractivity contribution in [3.8, 4) is 0 Å². The quantitative estimate of drug-likeness (QED) is 0.724. The van der Waals surface area contributed by atoms with Crippen LogP contribution in [0.15, 0.2) is 0 Å². The summed E-state index contributed by atoms with van der Waals surface area (Å²) in [6, 6.07) is 0.725. The summed E-state index contributed by atoms with van der Waals surface area (Å²) in [4.78, 5) is 12.9. The molecular formula is C22H42N2O. The molecule has 3 N–H and O–H groups in total. The predicted octanol–water partition coefficient (Wildman–Crippen LogP) is 5.32. The number of nitrogens with two attached hydrogens (primary N) is 1. The van der Waals surface area contributed by atoms with E-state index in [0.29, 0.717) is 23.9 Å². The highest BCUT2D eigenvalue weighted by Gasteiger charge is 2.24. The van der Waals surface area contributed by atoms with Crippen molar-refractivity contribution < 1.29 is 4.79 Å². The van der Waals surface area contributed by atoms with Gasteiger partial charge < -0.3 is 11.1 Å². The summed E-state index contributed by atoms with van der Waals surface area (Å²) in [5, 5.41) is 3.44. The van der Waals surface area contributed by atoms with Crippen molar-refractivity contribution >= 4 is 5.91 Å². The minimum absolute atomic E-state index is 0.238. The van der Waals surface area contributed by atoms with E-state index in [4.69, 9.17) is 5.73 Å². The third kappa shape index (κ3) is 8.11. The molecule has 1 amide bonds. The van der Waals surface area contributed by atoms with Crippen molar-refractivity contribution in [3.63, 3.8) is 0 Å². The minimum atomic E-state index is 0.238. The first-order valence-electron chi connectivity index (χ1n) is 11.2. The first-order valence-corrected chi connectivity index (χ1v) is 11.2. The van der Waals surface area contributed by atoms with Gasteiger partial charge in [0.2, 0.25) is 5.91 Å². The molecule has 0 aromatic rings. The van der Waals surface area contributed by atoms with Crippen LogP contribution in [0.4, 0.5) is 0 Å². The van der Waals surface area contributed by atoms with Crippen molar-refractivity contribution in [2.45, 2.75) is 122 Å². The van der Waals surface area contributed by atoms with E-state index in [-0.39, 0.29) is 5.92 Å². The molecule has 3 atom stereocenters. The molecule has 3 heteroatoms. The van der Waals surface area contributed by atoms with Crippen LogP contribution in [-0.2, 0) is 4.79 Å². The Kier molecular flexibility index (Phi) is 9.90. The molecule has 3 nitrogen and oxygen atoms in total. The van der Waals surface area contributed by atoms with Gasteiger partial charge in [-0.25, -0.2) is 0 Å². The molecule has 0 spiro atoms. The Morgan fingerprint density at radius 3 is 1.88 bits per heavy atom. The van der Waals surface area contributed by atoms with E-state index in [2.05, 4.69) is 12.2 Å². The van der Waals surface area contributed by atoms with E-state index in [9.17, 15) is 4.79 Å². The molecule has 0 saturated heterocycles. The largest absolute Gasteiger partial charge is 0.353 e. The number of carbonyl (C=O) groups excluding carboxylic acids is 1. The maximum absolute atomic E-state index is 12.9. The molecule has 0 bridgehead atoms. The lowest BCUT2D eigenvalue weighted by Crippen LogP contribution is -2.39. The molecule has 2 saturated carbocycles. The lowest BCUT2D eigenvalue weighted by atomic mass is 9.90. The minimum Gasteiger partial charge on any atom is -0.353 e. The first-order chi connectivity index (χ1) is 12.2. The summed E-state index contributed by atoms with van der Waals surface area (Å²) in [5.41, 5.74) is 6.13. The monoisotopic (exact) mass is 350 g/mol. The topological polar surface area (TPSA) is 55.1 Å². The van der Waals surface area contributed by atoms with Gasteiger partial charge in [0.1, 0.15) is 0 Å². The van der Waals surface area contributed by atoms with Gasteiger partial charge in [-0.1, -0.05) is 64.2 Å². The Labute approximate surface area is 155 Å². The van der Waals surface area contributed by atoms with Gasteiger partial charge >= 0.3 is 0 Å². The Balaban J connectivity index is 1.80. The zero-order valence-corrected chi connectivity index (χ0v) is 16.6. The third-order valence-electron chi connectivity index (χ3n) is 6.57. The molecule has 2 aliphatic carbocycles. The smallest absolute Gasteiger partial charge is 0.223 e. The Morgan fingerprint density at radius 1 is 0.760 bits per heavy atom. The van der Waals surface area contributed by atoms with E-state index in [1.807, 2.05) is 0 Å². The Morgan fingerprint density at radius 2 is 1.24 bits per heavy atom. The molecule has 3 unspecified atom stereocenters. The van der Waals surface area contributed by atoms with Crippen LogP contribution in [0.25, 0.3) is 0 Å². The molecule has 2 aliphatic rings. The van der Waals surface area contributed by atoms with E-state index in [1.54, 1.807) is 0 Å². The summed E-state index contributed by atoms with van der Waals surface area (Å²) >= 11 is 0.